The number of urea groups is 1. The Bertz CT molecular complexity index is 172. The number of rotatable bonds is 1. The fourth-order valence-electron chi connectivity index (χ4n) is 0.752. The predicted molar refractivity (Wildman–Crippen MR) is 37.9 cm³/mol. The smallest absolute Gasteiger partial charge is 0.244 e. The SMILES string of the molecule is CC(C)=NN1CC[N]C1=O. The molecule has 1 aliphatic rings. The van der Waals surface area contributed by atoms with Crippen molar-refractivity contribution < 1.29 is 4.79 Å². The van der Waals surface area contributed by atoms with E-state index in [1.54, 1.807) is 0 Å². The van der Waals surface area contributed by atoms with E-state index < -0.39 is 0 Å². The van der Waals surface area contributed by atoms with E-state index in [0.717, 1.165) is 5.71 Å². The molecule has 1 heterocycles. The molecule has 0 aromatic rings. The van der Waals surface area contributed by atoms with Crippen LogP contribution < -0.4 is 5.32 Å². The van der Waals surface area contributed by atoms with E-state index in [-0.39, 0.29) is 6.03 Å². The van der Waals surface area contributed by atoms with Gasteiger partial charge in [-0.1, -0.05) is 0 Å². The van der Waals surface area contributed by atoms with E-state index in [1.807, 2.05) is 13.8 Å². The molecular weight excluding hydrogens is 130 g/mol. The lowest BCUT2D eigenvalue weighted by atomic mass is 10.5. The highest BCUT2D eigenvalue weighted by atomic mass is 16.2. The molecule has 1 aliphatic heterocycles. The second kappa shape index (κ2) is 2.68. The number of nitrogens with zero attached hydrogens (tertiary/aromatic N) is 3. The summed E-state index contributed by atoms with van der Waals surface area (Å²) in [4.78, 5) is 10.8. The lowest BCUT2D eigenvalue weighted by molar-refractivity contribution is 0.219. The molecule has 1 rings (SSSR count). The van der Waals surface area contributed by atoms with Crippen LogP contribution in [0.5, 0.6) is 0 Å². The van der Waals surface area contributed by atoms with Crippen molar-refractivity contribution in [2.24, 2.45) is 5.10 Å². The van der Waals surface area contributed by atoms with Gasteiger partial charge < -0.3 is 0 Å². The summed E-state index contributed by atoms with van der Waals surface area (Å²) in [6, 6.07) is -0.221. The maximum absolute atomic E-state index is 10.8. The lowest BCUT2D eigenvalue weighted by Gasteiger charge is -2.05. The first-order chi connectivity index (χ1) is 4.70. The van der Waals surface area contributed by atoms with Gasteiger partial charge in [0.25, 0.3) is 0 Å². The first-order valence-corrected chi connectivity index (χ1v) is 3.21. The van der Waals surface area contributed by atoms with Gasteiger partial charge in [-0.05, 0) is 13.8 Å². The normalized spacial score (nSPS) is 17.0. The molecule has 2 amide bonds. The Morgan fingerprint density at radius 3 is 2.80 bits per heavy atom. The number of hydrazone groups is 1. The molecule has 10 heavy (non-hydrogen) atoms. The van der Waals surface area contributed by atoms with Gasteiger partial charge in [0.1, 0.15) is 0 Å². The van der Waals surface area contributed by atoms with Crippen LogP contribution in [0.1, 0.15) is 13.8 Å². The van der Waals surface area contributed by atoms with Crippen LogP contribution in [0.4, 0.5) is 4.79 Å². The fraction of sp³-hybridized carbons (Fsp3) is 0.667. The molecule has 0 atom stereocenters. The Balaban J connectivity index is 2.56. The molecule has 4 heteroatoms. The zero-order chi connectivity index (χ0) is 7.56. The Hall–Kier alpha value is -1.06. The van der Waals surface area contributed by atoms with Crippen molar-refractivity contribution in [2.45, 2.75) is 13.8 Å². The maximum Gasteiger partial charge on any atom is 0.359 e. The van der Waals surface area contributed by atoms with Crippen molar-refractivity contribution in [3.63, 3.8) is 0 Å². The van der Waals surface area contributed by atoms with Crippen molar-refractivity contribution in [2.75, 3.05) is 13.1 Å². The van der Waals surface area contributed by atoms with Gasteiger partial charge in [-0.2, -0.15) is 5.10 Å². The van der Waals surface area contributed by atoms with Crippen LogP contribution in [0.15, 0.2) is 5.10 Å². The van der Waals surface area contributed by atoms with E-state index in [0.29, 0.717) is 13.1 Å². The minimum Gasteiger partial charge on any atom is -0.244 e. The van der Waals surface area contributed by atoms with Crippen molar-refractivity contribution in [3.05, 3.63) is 0 Å². The Kier molecular flexibility index (Phi) is 1.89. The number of amides is 2. The van der Waals surface area contributed by atoms with Gasteiger partial charge in [0.15, 0.2) is 0 Å². The van der Waals surface area contributed by atoms with Gasteiger partial charge in [-0.3, -0.25) is 0 Å². The van der Waals surface area contributed by atoms with Gasteiger partial charge >= 0.3 is 6.03 Å². The minimum atomic E-state index is -0.221. The van der Waals surface area contributed by atoms with E-state index in [9.17, 15) is 4.79 Å². The third kappa shape index (κ3) is 1.46. The highest BCUT2D eigenvalue weighted by molar-refractivity contribution is 5.82. The van der Waals surface area contributed by atoms with E-state index >= 15 is 0 Å². The molecule has 55 valence electrons. The molecule has 0 unspecified atom stereocenters. The van der Waals surface area contributed by atoms with E-state index in [2.05, 4.69) is 10.4 Å². The van der Waals surface area contributed by atoms with Crippen LogP contribution in [0.25, 0.3) is 0 Å². The minimum absolute atomic E-state index is 0.221. The summed E-state index contributed by atoms with van der Waals surface area (Å²) >= 11 is 0. The summed E-state index contributed by atoms with van der Waals surface area (Å²) in [5, 5.41) is 9.00. The monoisotopic (exact) mass is 140 g/mol. The topological polar surface area (TPSA) is 46.8 Å². The van der Waals surface area contributed by atoms with Gasteiger partial charge in [-0.15, -0.1) is 0 Å². The highest BCUT2D eigenvalue weighted by Gasteiger charge is 2.19. The molecule has 4 nitrogen and oxygen atoms in total. The molecule has 1 radical (unpaired) electrons. The second-order valence-corrected chi connectivity index (χ2v) is 2.33. The van der Waals surface area contributed by atoms with Crippen molar-refractivity contribution >= 4 is 11.7 Å². The molecule has 0 spiro atoms. The van der Waals surface area contributed by atoms with Crippen LogP contribution in [-0.4, -0.2) is 29.8 Å². The summed E-state index contributed by atoms with van der Waals surface area (Å²) in [6.45, 7) is 4.91. The van der Waals surface area contributed by atoms with Crippen LogP contribution >= 0.6 is 0 Å². The maximum atomic E-state index is 10.8. The number of hydrogen-bond acceptors (Lipinski definition) is 2. The van der Waals surface area contributed by atoms with Crippen LogP contribution in [0, 0.1) is 0 Å². The van der Waals surface area contributed by atoms with E-state index in [4.69, 9.17) is 0 Å². The Labute approximate surface area is 59.9 Å². The summed E-state index contributed by atoms with van der Waals surface area (Å²) in [5.41, 5.74) is 0.880. The summed E-state index contributed by atoms with van der Waals surface area (Å²) in [5.74, 6) is 0. The average molecular weight is 140 g/mol. The molecule has 0 saturated carbocycles. The van der Waals surface area contributed by atoms with Gasteiger partial charge in [0.2, 0.25) is 0 Å². The summed E-state index contributed by atoms with van der Waals surface area (Å²) in [7, 11) is 0. The summed E-state index contributed by atoms with van der Waals surface area (Å²) < 4.78 is 0. The van der Waals surface area contributed by atoms with Crippen molar-refractivity contribution in [3.8, 4) is 0 Å². The molecule has 0 aromatic heterocycles. The van der Waals surface area contributed by atoms with E-state index in [1.165, 1.54) is 5.01 Å². The average Bonchev–Trinajstić information content (AvgIpc) is 2.15. The van der Waals surface area contributed by atoms with Crippen LogP contribution in [-0.2, 0) is 0 Å². The number of carbonyl (C=O) groups is 1. The molecule has 0 aliphatic carbocycles. The zero-order valence-electron chi connectivity index (χ0n) is 6.16. The standard InChI is InChI=1S/C6H10N3O/c1-5(2)8-9-4-3-7-6(9)10/h3-4H2,1-2H3. The van der Waals surface area contributed by atoms with Gasteiger partial charge in [0.05, 0.1) is 13.1 Å². The molecule has 1 saturated heterocycles. The molecule has 0 bridgehead atoms. The molecule has 1 fully saturated rings. The number of hydrogen-bond donors (Lipinski definition) is 0. The first-order valence-electron chi connectivity index (χ1n) is 3.21. The quantitative estimate of drug-likeness (QED) is 0.487. The Morgan fingerprint density at radius 2 is 2.40 bits per heavy atom. The van der Waals surface area contributed by atoms with Crippen molar-refractivity contribution in [1.29, 1.82) is 0 Å². The van der Waals surface area contributed by atoms with Gasteiger partial charge in [-0.25, -0.2) is 15.1 Å². The fourth-order valence-corrected chi connectivity index (χ4v) is 0.752. The zero-order valence-corrected chi connectivity index (χ0v) is 6.16. The highest BCUT2D eigenvalue weighted by Crippen LogP contribution is 1.98. The third-order valence-electron chi connectivity index (χ3n) is 1.10. The second-order valence-electron chi connectivity index (χ2n) is 2.33. The number of carbonyl (C=O) groups excluding carboxylic acids is 1. The van der Waals surface area contributed by atoms with Crippen LogP contribution in [0.2, 0.25) is 0 Å². The van der Waals surface area contributed by atoms with Crippen molar-refractivity contribution in [1.82, 2.24) is 10.3 Å². The first kappa shape index (κ1) is 7.05. The molecule has 0 N–H and O–H groups in total. The lowest BCUT2D eigenvalue weighted by Crippen LogP contribution is -2.20. The van der Waals surface area contributed by atoms with Gasteiger partial charge in [0, 0.05) is 5.71 Å². The van der Waals surface area contributed by atoms with Crippen LogP contribution in [0.3, 0.4) is 0 Å². The third-order valence-corrected chi connectivity index (χ3v) is 1.10. The molecular formula is C6H10N3O. The molecule has 0 aromatic carbocycles. The summed E-state index contributed by atoms with van der Waals surface area (Å²) in [6.07, 6.45) is 0. The Morgan fingerprint density at radius 1 is 1.70 bits per heavy atom. The largest absolute Gasteiger partial charge is 0.359 e. The predicted octanol–water partition coefficient (Wildman–Crippen LogP) is 0.422.